The van der Waals surface area contributed by atoms with Crippen LogP contribution in [0, 0.1) is 0 Å². The fourth-order valence-corrected chi connectivity index (χ4v) is 3.83. The number of aromatic nitrogens is 2. The molecular formula is C22H20N2S4. The number of rotatable bonds is 3. The van der Waals surface area contributed by atoms with Crippen molar-refractivity contribution in [1.29, 1.82) is 0 Å². The van der Waals surface area contributed by atoms with Crippen molar-refractivity contribution in [2.24, 2.45) is 0 Å². The van der Waals surface area contributed by atoms with Gasteiger partial charge in [0.1, 0.15) is 10.1 Å². The highest BCUT2D eigenvalue weighted by atomic mass is 33.1. The van der Waals surface area contributed by atoms with Crippen molar-refractivity contribution < 1.29 is 0 Å². The maximum absolute atomic E-state index is 4.21. The zero-order chi connectivity index (χ0) is 19.9. The summed E-state index contributed by atoms with van der Waals surface area (Å²) in [6.07, 6.45) is 3.59. The first kappa shape index (κ1) is 22.4. The molecule has 4 rings (SSSR count). The number of hydrogen-bond donors (Lipinski definition) is 2. The molecule has 0 aliphatic heterocycles. The van der Waals surface area contributed by atoms with Crippen LogP contribution in [0.3, 0.4) is 0 Å². The van der Waals surface area contributed by atoms with Gasteiger partial charge in [-0.3, -0.25) is 0 Å². The average Bonchev–Trinajstić information content (AvgIpc) is 2.76. The Morgan fingerprint density at radius 3 is 1.07 bits per heavy atom. The highest BCUT2D eigenvalue weighted by Gasteiger charge is 1.97. The fraction of sp³-hybridized carbons (Fsp3) is 0. The van der Waals surface area contributed by atoms with Gasteiger partial charge in [-0.25, -0.2) is 9.97 Å². The van der Waals surface area contributed by atoms with Crippen LogP contribution in [-0.2, 0) is 0 Å². The lowest BCUT2D eigenvalue weighted by atomic mass is 10.4. The van der Waals surface area contributed by atoms with E-state index in [1.54, 1.807) is 34.0 Å². The van der Waals surface area contributed by atoms with Crippen molar-refractivity contribution in [1.82, 2.24) is 9.97 Å². The van der Waals surface area contributed by atoms with Crippen LogP contribution in [0.2, 0.25) is 0 Å². The number of nitrogens with zero attached hydrogens (tertiary/aromatic N) is 2. The summed E-state index contributed by atoms with van der Waals surface area (Å²) in [5.41, 5.74) is 0. The van der Waals surface area contributed by atoms with Gasteiger partial charge >= 0.3 is 0 Å². The summed E-state index contributed by atoms with van der Waals surface area (Å²) in [7, 11) is 3.23. The minimum atomic E-state index is 1.00. The standard InChI is InChI=1S/C10H8N2S2.2C6H6S/c1-3-7-11-9(5-1)13-14-10-6-2-4-8-12-10;2*7-6-4-2-1-3-5-6/h1-8H;2*1-5,7H. The lowest BCUT2D eigenvalue weighted by molar-refractivity contribution is 1.13. The zero-order valence-electron chi connectivity index (χ0n) is 15.0. The zero-order valence-corrected chi connectivity index (χ0v) is 18.4. The van der Waals surface area contributed by atoms with Crippen LogP contribution in [-0.4, -0.2) is 9.97 Å². The summed E-state index contributed by atoms with van der Waals surface area (Å²) in [4.78, 5) is 10.4. The minimum Gasteiger partial charge on any atom is -0.249 e. The molecular weight excluding hydrogens is 421 g/mol. The van der Waals surface area contributed by atoms with Crippen LogP contribution < -0.4 is 0 Å². The van der Waals surface area contributed by atoms with E-state index in [0.717, 1.165) is 19.8 Å². The van der Waals surface area contributed by atoms with Gasteiger partial charge in [-0.05, 0) is 70.1 Å². The summed E-state index contributed by atoms with van der Waals surface area (Å²) < 4.78 is 0. The number of benzene rings is 2. The van der Waals surface area contributed by atoms with Gasteiger partial charge in [0.15, 0.2) is 0 Å². The van der Waals surface area contributed by atoms with Crippen LogP contribution in [0.4, 0.5) is 0 Å². The molecule has 0 unspecified atom stereocenters. The third-order valence-electron chi connectivity index (χ3n) is 3.00. The Labute approximate surface area is 185 Å². The Bertz CT molecular complexity index is 800. The van der Waals surface area contributed by atoms with E-state index >= 15 is 0 Å². The molecule has 0 saturated carbocycles. The highest BCUT2D eigenvalue weighted by Crippen LogP contribution is 2.34. The van der Waals surface area contributed by atoms with E-state index in [4.69, 9.17) is 0 Å². The molecule has 142 valence electrons. The molecule has 0 atom stereocenters. The van der Waals surface area contributed by atoms with Crippen molar-refractivity contribution in [2.75, 3.05) is 0 Å². The van der Waals surface area contributed by atoms with Gasteiger partial charge in [0.2, 0.25) is 0 Å². The average molecular weight is 441 g/mol. The van der Waals surface area contributed by atoms with Crippen LogP contribution in [0.1, 0.15) is 0 Å². The van der Waals surface area contributed by atoms with E-state index in [9.17, 15) is 0 Å². The van der Waals surface area contributed by atoms with Crippen LogP contribution in [0.25, 0.3) is 0 Å². The Balaban J connectivity index is 0.000000168. The molecule has 2 aromatic carbocycles. The second kappa shape index (κ2) is 14.2. The molecule has 0 amide bonds. The summed E-state index contributed by atoms with van der Waals surface area (Å²) in [6.45, 7) is 0. The molecule has 0 aliphatic carbocycles. The summed E-state index contributed by atoms with van der Waals surface area (Å²) >= 11 is 8.17. The van der Waals surface area contributed by atoms with Gasteiger partial charge in [-0.1, -0.05) is 48.5 Å². The van der Waals surface area contributed by atoms with Crippen LogP contribution in [0.15, 0.2) is 129 Å². The van der Waals surface area contributed by atoms with Gasteiger partial charge in [0, 0.05) is 22.2 Å². The molecule has 0 bridgehead atoms. The quantitative estimate of drug-likeness (QED) is 0.259. The minimum absolute atomic E-state index is 1.00. The molecule has 28 heavy (non-hydrogen) atoms. The lowest BCUT2D eigenvalue weighted by Gasteiger charge is -1.97. The number of thiol groups is 2. The molecule has 2 nitrogen and oxygen atoms in total. The smallest absolute Gasteiger partial charge is 0.107 e. The topological polar surface area (TPSA) is 25.8 Å². The van der Waals surface area contributed by atoms with Crippen molar-refractivity contribution in [3.05, 3.63) is 109 Å². The Morgan fingerprint density at radius 2 is 0.821 bits per heavy atom. The molecule has 0 aliphatic rings. The molecule has 0 saturated heterocycles. The monoisotopic (exact) mass is 440 g/mol. The summed E-state index contributed by atoms with van der Waals surface area (Å²) in [5.74, 6) is 0. The molecule has 0 fully saturated rings. The molecule has 2 aromatic heterocycles. The lowest BCUT2D eigenvalue weighted by Crippen LogP contribution is -1.75. The van der Waals surface area contributed by atoms with Gasteiger partial charge in [-0.15, -0.1) is 25.3 Å². The van der Waals surface area contributed by atoms with Crippen LogP contribution >= 0.6 is 46.8 Å². The highest BCUT2D eigenvalue weighted by molar-refractivity contribution is 8.76. The molecule has 2 heterocycles. The first-order valence-corrected chi connectivity index (χ1v) is 11.4. The molecule has 0 radical (unpaired) electrons. The molecule has 6 heteroatoms. The van der Waals surface area contributed by atoms with Gasteiger partial charge < -0.3 is 0 Å². The maximum atomic E-state index is 4.21. The van der Waals surface area contributed by atoms with E-state index in [1.165, 1.54) is 0 Å². The van der Waals surface area contributed by atoms with Gasteiger partial charge in [-0.2, -0.15) is 0 Å². The number of hydrogen-bond acceptors (Lipinski definition) is 6. The molecule has 0 N–H and O–H groups in total. The Kier molecular flexibility index (Phi) is 11.4. The van der Waals surface area contributed by atoms with E-state index < -0.39 is 0 Å². The molecule has 4 aromatic rings. The molecule has 0 spiro atoms. The first-order chi connectivity index (χ1) is 13.7. The third kappa shape index (κ3) is 10.5. The fourth-order valence-electron chi connectivity index (χ4n) is 1.73. The second-order valence-corrected chi connectivity index (χ2v) is 8.38. The van der Waals surface area contributed by atoms with E-state index in [2.05, 4.69) is 35.2 Å². The van der Waals surface area contributed by atoms with Crippen molar-refractivity contribution in [3.8, 4) is 0 Å². The van der Waals surface area contributed by atoms with E-state index in [1.807, 2.05) is 97.1 Å². The Morgan fingerprint density at radius 1 is 0.464 bits per heavy atom. The van der Waals surface area contributed by atoms with Crippen molar-refractivity contribution in [3.63, 3.8) is 0 Å². The normalized spacial score (nSPS) is 9.36. The van der Waals surface area contributed by atoms with Crippen molar-refractivity contribution in [2.45, 2.75) is 19.8 Å². The predicted octanol–water partition coefficient (Wildman–Crippen LogP) is 7.23. The second-order valence-electron chi connectivity index (χ2n) is 5.17. The SMILES string of the molecule is Sc1ccccc1.Sc1ccccc1.c1ccc(SSc2ccccn2)nc1. The van der Waals surface area contributed by atoms with Crippen LogP contribution in [0.5, 0.6) is 0 Å². The summed E-state index contributed by atoms with van der Waals surface area (Å²) in [6, 6.07) is 31.3. The Hall–Kier alpha value is -1.86. The first-order valence-electron chi connectivity index (χ1n) is 8.38. The number of pyridine rings is 2. The third-order valence-corrected chi connectivity index (χ3v) is 5.78. The van der Waals surface area contributed by atoms with E-state index in [-0.39, 0.29) is 0 Å². The summed E-state index contributed by atoms with van der Waals surface area (Å²) in [5, 5.41) is 2.01. The van der Waals surface area contributed by atoms with Gasteiger partial charge in [0.25, 0.3) is 0 Å². The van der Waals surface area contributed by atoms with E-state index in [0.29, 0.717) is 0 Å². The van der Waals surface area contributed by atoms with Gasteiger partial charge in [0.05, 0.1) is 0 Å². The maximum Gasteiger partial charge on any atom is 0.107 e. The largest absolute Gasteiger partial charge is 0.249 e. The predicted molar refractivity (Wildman–Crippen MR) is 128 cm³/mol. The van der Waals surface area contributed by atoms with Crippen molar-refractivity contribution >= 4 is 46.8 Å².